The molecular formula is C24H29N3O4. The lowest BCUT2D eigenvalue weighted by Gasteiger charge is -2.20. The van der Waals surface area contributed by atoms with Crippen LogP contribution >= 0.6 is 0 Å². The molecule has 2 aromatic carbocycles. The van der Waals surface area contributed by atoms with Crippen LogP contribution in [0.15, 0.2) is 53.1 Å². The van der Waals surface area contributed by atoms with E-state index >= 15 is 0 Å². The number of rotatable bonds is 10. The summed E-state index contributed by atoms with van der Waals surface area (Å²) in [5.74, 6) is 2.13. The van der Waals surface area contributed by atoms with Gasteiger partial charge in [-0.15, -0.1) is 0 Å². The van der Waals surface area contributed by atoms with Gasteiger partial charge in [0.25, 0.3) is 0 Å². The molecule has 2 atom stereocenters. The molecule has 3 aromatic rings. The van der Waals surface area contributed by atoms with Gasteiger partial charge in [-0.1, -0.05) is 55.8 Å². The smallest absolute Gasteiger partial charge is 0.249 e. The maximum atomic E-state index is 12.6. The highest BCUT2D eigenvalue weighted by Crippen LogP contribution is 2.32. The zero-order valence-electron chi connectivity index (χ0n) is 18.4. The van der Waals surface area contributed by atoms with Gasteiger partial charge in [0.1, 0.15) is 6.04 Å². The fraction of sp³-hybridized carbons (Fsp3) is 0.375. The fourth-order valence-corrected chi connectivity index (χ4v) is 3.29. The lowest BCUT2D eigenvalue weighted by atomic mass is 9.98. The van der Waals surface area contributed by atoms with E-state index in [0.29, 0.717) is 36.1 Å². The molecule has 3 rings (SSSR count). The summed E-state index contributed by atoms with van der Waals surface area (Å²) in [5.41, 5.74) is 1.87. The van der Waals surface area contributed by atoms with Gasteiger partial charge in [0.05, 0.1) is 14.2 Å². The van der Waals surface area contributed by atoms with E-state index < -0.39 is 0 Å². The van der Waals surface area contributed by atoms with Gasteiger partial charge in [-0.2, -0.15) is 4.98 Å². The molecule has 0 saturated heterocycles. The molecule has 0 bridgehead atoms. The van der Waals surface area contributed by atoms with E-state index in [-0.39, 0.29) is 17.9 Å². The molecule has 0 fully saturated rings. The number of carbonyl (C=O) groups excluding carboxylic acids is 1. The highest BCUT2D eigenvalue weighted by atomic mass is 16.5. The number of hydrogen-bond donors (Lipinski definition) is 1. The number of carbonyl (C=O) groups is 1. The van der Waals surface area contributed by atoms with Gasteiger partial charge in [0, 0.05) is 12.0 Å². The van der Waals surface area contributed by atoms with Crippen LogP contribution in [-0.4, -0.2) is 30.3 Å². The predicted molar refractivity (Wildman–Crippen MR) is 118 cm³/mol. The normalized spacial score (nSPS) is 12.8. The number of nitrogens with one attached hydrogen (secondary N) is 1. The Morgan fingerprint density at radius 1 is 1.10 bits per heavy atom. The summed E-state index contributed by atoms with van der Waals surface area (Å²) >= 11 is 0. The summed E-state index contributed by atoms with van der Waals surface area (Å²) in [4.78, 5) is 17.2. The van der Waals surface area contributed by atoms with Crippen molar-refractivity contribution < 1.29 is 18.8 Å². The van der Waals surface area contributed by atoms with Crippen molar-refractivity contribution >= 4 is 5.91 Å². The first kappa shape index (κ1) is 22.3. The van der Waals surface area contributed by atoms with E-state index in [1.807, 2.05) is 36.4 Å². The number of amides is 1. The minimum Gasteiger partial charge on any atom is -0.493 e. The number of benzene rings is 2. The summed E-state index contributed by atoms with van der Waals surface area (Å²) in [7, 11) is 3.16. The maximum Gasteiger partial charge on any atom is 0.249 e. The molecular weight excluding hydrogens is 394 g/mol. The first-order valence-electron chi connectivity index (χ1n) is 10.4. The first-order chi connectivity index (χ1) is 15.0. The minimum atomic E-state index is -0.352. The average Bonchev–Trinajstić information content (AvgIpc) is 3.30. The van der Waals surface area contributed by atoms with E-state index in [2.05, 4.69) is 29.3 Å². The van der Waals surface area contributed by atoms with Gasteiger partial charge in [-0.25, -0.2) is 0 Å². The standard InChI is InChI=1S/C24H29N3O4/c1-5-16(2)22(25-21(28)14-11-17-9-7-6-8-10-17)24-26-23(27-31-24)18-12-13-19(29-3)20(15-18)30-4/h6-10,12-13,15-16,22H,5,11,14H2,1-4H3,(H,25,28)/t16-,22-/m1/s1. The Hall–Kier alpha value is -3.35. The number of aryl methyl sites for hydroxylation is 1. The zero-order chi connectivity index (χ0) is 22.2. The quantitative estimate of drug-likeness (QED) is 0.513. The summed E-state index contributed by atoms with van der Waals surface area (Å²) < 4.78 is 16.2. The zero-order valence-corrected chi connectivity index (χ0v) is 18.4. The molecule has 1 aromatic heterocycles. The van der Waals surface area contributed by atoms with Crippen molar-refractivity contribution in [3.63, 3.8) is 0 Å². The average molecular weight is 424 g/mol. The topological polar surface area (TPSA) is 86.5 Å². The second-order valence-electron chi connectivity index (χ2n) is 7.44. The molecule has 0 aliphatic carbocycles. The van der Waals surface area contributed by atoms with Crippen molar-refractivity contribution in [2.45, 2.75) is 39.2 Å². The van der Waals surface area contributed by atoms with Crippen LogP contribution in [0, 0.1) is 5.92 Å². The van der Waals surface area contributed by atoms with Gasteiger partial charge in [-0.05, 0) is 36.1 Å². The fourth-order valence-electron chi connectivity index (χ4n) is 3.29. The maximum absolute atomic E-state index is 12.6. The second kappa shape index (κ2) is 10.6. The number of aromatic nitrogens is 2. The molecule has 0 unspecified atom stereocenters. The van der Waals surface area contributed by atoms with Crippen molar-refractivity contribution in [1.82, 2.24) is 15.5 Å². The Bertz CT molecular complexity index is 987. The van der Waals surface area contributed by atoms with Gasteiger partial charge in [-0.3, -0.25) is 4.79 Å². The van der Waals surface area contributed by atoms with E-state index in [1.165, 1.54) is 0 Å². The molecule has 1 heterocycles. The van der Waals surface area contributed by atoms with Crippen molar-refractivity contribution in [2.75, 3.05) is 14.2 Å². The molecule has 7 nitrogen and oxygen atoms in total. The SMILES string of the molecule is CC[C@@H](C)[C@@H](NC(=O)CCc1ccccc1)c1nc(-c2ccc(OC)c(OC)c2)no1. The summed E-state index contributed by atoms with van der Waals surface area (Å²) in [6, 6.07) is 15.0. The first-order valence-corrected chi connectivity index (χ1v) is 10.4. The van der Waals surface area contributed by atoms with Crippen molar-refractivity contribution in [3.05, 3.63) is 60.0 Å². The monoisotopic (exact) mass is 423 g/mol. The highest BCUT2D eigenvalue weighted by molar-refractivity contribution is 5.76. The van der Waals surface area contributed by atoms with Gasteiger partial charge >= 0.3 is 0 Å². The molecule has 31 heavy (non-hydrogen) atoms. The van der Waals surface area contributed by atoms with Crippen LogP contribution in [0.2, 0.25) is 0 Å². The van der Waals surface area contributed by atoms with Gasteiger partial charge in [0.15, 0.2) is 11.5 Å². The lowest BCUT2D eigenvalue weighted by Crippen LogP contribution is -2.32. The number of hydrogen-bond acceptors (Lipinski definition) is 6. The molecule has 0 spiro atoms. The van der Waals surface area contributed by atoms with Crippen molar-refractivity contribution in [1.29, 1.82) is 0 Å². The third-order valence-corrected chi connectivity index (χ3v) is 5.36. The minimum absolute atomic E-state index is 0.0416. The Morgan fingerprint density at radius 2 is 1.84 bits per heavy atom. The third kappa shape index (κ3) is 5.63. The molecule has 0 aliphatic rings. The number of nitrogens with zero attached hydrogens (tertiary/aromatic N) is 2. The second-order valence-corrected chi connectivity index (χ2v) is 7.44. The van der Waals surface area contributed by atoms with Gasteiger partial charge in [0.2, 0.25) is 17.6 Å². The van der Waals surface area contributed by atoms with Crippen molar-refractivity contribution in [2.24, 2.45) is 5.92 Å². The Kier molecular flexibility index (Phi) is 7.65. The van der Waals surface area contributed by atoms with Crippen LogP contribution in [-0.2, 0) is 11.2 Å². The van der Waals surface area contributed by atoms with E-state index in [1.54, 1.807) is 26.4 Å². The summed E-state index contributed by atoms with van der Waals surface area (Å²) in [5, 5.41) is 7.20. The van der Waals surface area contributed by atoms with Crippen LogP contribution in [0.25, 0.3) is 11.4 Å². The molecule has 0 saturated carbocycles. The van der Waals surface area contributed by atoms with Crippen LogP contribution in [0.3, 0.4) is 0 Å². The lowest BCUT2D eigenvalue weighted by molar-refractivity contribution is -0.122. The van der Waals surface area contributed by atoms with E-state index in [9.17, 15) is 4.79 Å². The highest BCUT2D eigenvalue weighted by Gasteiger charge is 2.26. The van der Waals surface area contributed by atoms with E-state index in [4.69, 9.17) is 14.0 Å². The Labute approximate surface area is 182 Å². The van der Waals surface area contributed by atoms with Gasteiger partial charge < -0.3 is 19.3 Å². The third-order valence-electron chi connectivity index (χ3n) is 5.36. The molecule has 1 N–H and O–H groups in total. The van der Waals surface area contributed by atoms with Crippen molar-refractivity contribution in [3.8, 4) is 22.9 Å². The summed E-state index contributed by atoms with van der Waals surface area (Å²) in [6.45, 7) is 4.13. The number of methoxy groups -OCH3 is 2. The van der Waals surface area contributed by atoms with E-state index in [0.717, 1.165) is 17.5 Å². The van der Waals surface area contributed by atoms with Crippen LogP contribution < -0.4 is 14.8 Å². The molecule has 0 radical (unpaired) electrons. The Morgan fingerprint density at radius 3 is 2.52 bits per heavy atom. The van der Waals surface area contributed by atoms with Crippen LogP contribution in [0.4, 0.5) is 0 Å². The molecule has 1 amide bonds. The largest absolute Gasteiger partial charge is 0.493 e. The number of ether oxygens (including phenoxy) is 2. The molecule has 0 aliphatic heterocycles. The Balaban J connectivity index is 1.74. The molecule has 164 valence electrons. The van der Waals surface area contributed by atoms with Crippen LogP contribution in [0.5, 0.6) is 11.5 Å². The molecule has 7 heteroatoms. The van der Waals surface area contributed by atoms with Crippen LogP contribution in [0.1, 0.15) is 44.2 Å². The predicted octanol–water partition coefficient (Wildman–Crippen LogP) is 4.59. The summed E-state index contributed by atoms with van der Waals surface area (Å²) in [6.07, 6.45) is 1.94.